The molecule has 5 nitrogen and oxygen atoms in total. The number of hydrogen-bond donors (Lipinski definition) is 2. The Bertz CT molecular complexity index is 421. The van der Waals surface area contributed by atoms with Gasteiger partial charge < -0.3 is 15.1 Å². The van der Waals surface area contributed by atoms with Crippen LogP contribution in [-0.2, 0) is 13.0 Å². The molecule has 0 saturated heterocycles. The van der Waals surface area contributed by atoms with E-state index in [1.807, 2.05) is 6.92 Å². The minimum Gasteiger partial charge on any atom is -0.444 e. The van der Waals surface area contributed by atoms with E-state index in [1.165, 1.54) is 12.8 Å². The maximum absolute atomic E-state index is 5.71. The number of aromatic nitrogens is 1. The number of rotatable bonds is 5. The molecule has 0 amide bonds. The van der Waals surface area contributed by atoms with E-state index in [0.29, 0.717) is 12.6 Å². The summed E-state index contributed by atoms with van der Waals surface area (Å²) in [6.07, 6.45) is 4.43. The second-order valence-electron chi connectivity index (χ2n) is 4.71. The van der Waals surface area contributed by atoms with Crippen molar-refractivity contribution in [2.45, 2.75) is 52.1 Å². The lowest BCUT2D eigenvalue weighted by atomic mass is 10.3. The molecule has 18 heavy (non-hydrogen) atoms. The lowest BCUT2D eigenvalue weighted by molar-refractivity contribution is 0.446. The zero-order valence-electron chi connectivity index (χ0n) is 11.4. The fraction of sp³-hybridized carbons (Fsp3) is 0.692. The summed E-state index contributed by atoms with van der Waals surface area (Å²) < 4.78 is 5.71. The third-order valence-corrected chi connectivity index (χ3v) is 2.96. The van der Waals surface area contributed by atoms with Crippen LogP contribution in [0.2, 0.25) is 0 Å². The van der Waals surface area contributed by atoms with E-state index in [2.05, 4.69) is 27.5 Å². The Kier molecular flexibility index (Phi) is 4.23. The van der Waals surface area contributed by atoms with Crippen molar-refractivity contribution in [1.29, 1.82) is 0 Å². The number of aliphatic imine (C=N–C) groups is 1. The molecule has 1 aromatic heterocycles. The Morgan fingerprint density at radius 1 is 1.50 bits per heavy atom. The van der Waals surface area contributed by atoms with Gasteiger partial charge in [-0.25, -0.2) is 4.98 Å². The number of nitrogens with zero attached hydrogens (tertiary/aromatic N) is 2. The van der Waals surface area contributed by atoms with E-state index in [9.17, 15) is 0 Å². The van der Waals surface area contributed by atoms with Crippen LogP contribution in [0.25, 0.3) is 0 Å². The first-order valence-corrected chi connectivity index (χ1v) is 6.65. The van der Waals surface area contributed by atoms with Crippen LogP contribution < -0.4 is 10.6 Å². The predicted molar refractivity (Wildman–Crippen MR) is 71.6 cm³/mol. The van der Waals surface area contributed by atoms with Crippen molar-refractivity contribution in [2.75, 3.05) is 7.05 Å². The second kappa shape index (κ2) is 5.89. The summed E-state index contributed by atoms with van der Waals surface area (Å²) in [6, 6.07) is 0.600. The SMILES string of the molecule is CCCc1nc(C)c(CNC(=NC)NC2CC2)o1. The Morgan fingerprint density at radius 3 is 2.89 bits per heavy atom. The molecule has 1 heterocycles. The predicted octanol–water partition coefficient (Wildman–Crippen LogP) is 1.76. The highest BCUT2D eigenvalue weighted by Crippen LogP contribution is 2.18. The lowest BCUT2D eigenvalue weighted by Crippen LogP contribution is -2.38. The molecule has 1 aliphatic carbocycles. The summed E-state index contributed by atoms with van der Waals surface area (Å²) in [5, 5.41) is 6.60. The minimum absolute atomic E-state index is 0.600. The van der Waals surface area contributed by atoms with Crippen molar-refractivity contribution in [3.63, 3.8) is 0 Å². The van der Waals surface area contributed by atoms with E-state index in [0.717, 1.165) is 36.1 Å². The summed E-state index contributed by atoms with van der Waals surface area (Å²) >= 11 is 0. The molecular formula is C13H22N4O. The van der Waals surface area contributed by atoms with Gasteiger partial charge in [-0.05, 0) is 26.2 Å². The quantitative estimate of drug-likeness (QED) is 0.617. The van der Waals surface area contributed by atoms with Gasteiger partial charge in [0.2, 0.25) is 0 Å². The van der Waals surface area contributed by atoms with E-state index < -0.39 is 0 Å². The second-order valence-corrected chi connectivity index (χ2v) is 4.71. The first-order valence-electron chi connectivity index (χ1n) is 6.65. The van der Waals surface area contributed by atoms with E-state index in [4.69, 9.17) is 4.42 Å². The molecule has 0 aliphatic heterocycles. The lowest BCUT2D eigenvalue weighted by Gasteiger charge is -2.09. The average Bonchev–Trinajstić information content (AvgIpc) is 3.10. The number of nitrogens with one attached hydrogen (secondary N) is 2. The molecule has 100 valence electrons. The first kappa shape index (κ1) is 12.9. The molecule has 0 aromatic carbocycles. The highest BCUT2D eigenvalue weighted by molar-refractivity contribution is 5.80. The Morgan fingerprint density at radius 2 is 2.28 bits per heavy atom. The normalized spacial score (nSPS) is 15.8. The van der Waals surface area contributed by atoms with Crippen LogP contribution in [0, 0.1) is 6.92 Å². The maximum atomic E-state index is 5.71. The summed E-state index contributed by atoms with van der Waals surface area (Å²) in [5.41, 5.74) is 0.966. The smallest absolute Gasteiger partial charge is 0.194 e. The van der Waals surface area contributed by atoms with Gasteiger partial charge in [0.25, 0.3) is 0 Å². The van der Waals surface area contributed by atoms with Gasteiger partial charge in [0.1, 0.15) is 5.76 Å². The van der Waals surface area contributed by atoms with Crippen LogP contribution in [0.4, 0.5) is 0 Å². The molecular weight excluding hydrogens is 228 g/mol. The monoisotopic (exact) mass is 250 g/mol. The van der Waals surface area contributed by atoms with Gasteiger partial charge in [0.05, 0.1) is 12.2 Å². The van der Waals surface area contributed by atoms with Crippen LogP contribution in [0.15, 0.2) is 9.41 Å². The number of oxazole rings is 1. The highest BCUT2D eigenvalue weighted by Gasteiger charge is 2.22. The fourth-order valence-corrected chi connectivity index (χ4v) is 1.75. The van der Waals surface area contributed by atoms with Crippen molar-refractivity contribution in [1.82, 2.24) is 15.6 Å². The molecule has 5 heteroatoms. The molecule has 1 aromatic rings. The Balaban J connectivity index is 1.87. The topological polar surface area (TPSA) is 62.5 Å². The van der Waals surface area contributed by atoms with Crippen LogP contribution in [0.1, 0.15) is 43.5 Å². The van der Waals surface area contributed by atoms with Crippen LogP contribution in [-0.4, -0.2) is 24.0 Å². The summed E-state index contributed by atoms with van der Waals surface area (Å²) in [6.45, 7) is 4.74. The van der Waals surface area contributed by atoms with Crippen molar-refractivity contribution >= 4 is 5.96 Å². The highest BCUT2D eigenvalue weighted by atomic mass is 16.4. The standard InChI is InChI=1S/C13H22N4O/c1-4-5-12-16-9(2)11(18-12)8-15-13(14-3)17-10-6-7-10/h10H,4-8H2,1-3H3,(H2,14,15,17). The van der Waals surface area contributed by atoms with Crippen molar-refractivity contribution in [2.24, 2.45) is 4.99 Å². The summed E-state index contributed by atoms with van der Waals surface area (Å²) in [4.78, 5) is 8.60. The van der Waals surface area contributed by atoms with Crippen LogP contribution in [0.3, 0.4) is 0 Å². The molecule has 0 radical (unpaired) electrons. The largest absolute Gasteiger partial charge is 0.444 e. The molecule has 2 rings (SSSR count). The van der Waals surface area contributed by atoms with Crippen LogP contribution in [0.5, 0.6) is 0 Å². The molecule has 1 aliphatic rings. The van der Waals surface area contributed by atoms with E-state index in [-0.39, 0.29) is 0 Å². The Hall–Kier alpha value is -1.52. The third kappa shape index (κ3) is 3.48. The molecule has 0 bridgehead atoms. The van der Waals surface area contributed by atoms with Gasteiger partial charge in [-0.2, -0.15) is 0 Å². The zero-order valence-corrected chi connectivity index (χ0v) is 11.4. The van der Waals surface area contributed by atoms with Gasteiger partial charge in [0.15, 0.2) is 11.9 Å². The third-order valence-electron chi connectivity index (χ3n) is 2.96. The molecule has 1 fully saturated rings. The molecule has 0 spiro atoms. The van der Waals surface area contributed by atoms with Gasteiger partial charge in [0, 0.05) is 19.5 Å². The van der Waals surface area contributed by atoms with Crippen molar-refractivity contribution in [3.05, 3.63) is 17.3 Å². The minimum atomic E-state index is 0.600. The van der Waals surface area contributed by atoms with Gasteiger partial charge in [-0.15, -0.1) is 0 Å². The zero-order chi connectivity index (χ0) is 13.0. The number of aryl methyl sites for hydroxylation is 2. The van der Waals surface area contributed by atoms with Crippen LogP contribution >= 0.6 is 0 Å². The summed E-state index contributed by atoms with van der Waals surface area (Å²) in [7, 11) is 1.79. The first-order chi connectivity index (χ1) is 8.72. The Labute approximate surface area is 108 Å². The van der Waals surface area contributed by atoms with Gasteiger partial charge >= 0.3 is 0 Å². The fourth-order valence-electron chi connectivity index (χ4n) is 1.75. The maximum Gasteiger partial charge on any atom is 0.194 e. The van der Waals surface area contributed by atoms with E-state index in [1.54, 1.807) is 7.05 Å². The summed E-state index contributed by atoms with van der Waals surface area (Å²) in [5.74, 6) is 2.57. The van der Waals surface area contributed by atoms with E-state index >= 15 is 0 Å². The average molecular weight is 250 g/mol. The van der Waals surface area contributed by atoms with Gasteiger partial charge in [-0.1, -0.05) is 6.92 Å². The van der Waals surface area contributed by atoms with Crippen molar-refractivity contribution < 1.29 is 4.42 Å². The molecule has 1 saturated carbocycles. The molecule has 0 atom stereocenters. The molecule has 2 N–H and O–H groups in total. The van der Waals surface area contributed by atoms with Crippen molar-refractivity contribution in [3.8, 4) is 0 Å². The number of hydrogen-bond acceptors (Lipinski definition) is 3. The molecule has 0 unspecified atom stereocenters. The number of guanidine groups is 1. The van der Waals surface area contributed by atoms with Gasteiger partial charge in [-0.3, -0.25) is 4.99 Å².